The number of nitrogens with two attached hydrogens (primary N) is 1. The van der Waals surface area contributed by atoms with Crippen LogP contribution in [0.25, 0.3) is 0 Å². The third-order valence-corrected chi connectivity index (χ3v) is 2.64. The summed E-state index contributed by atoms with van der Waals surface area (Å²) in [5.74, 6) is 0.121. The van der Waals surface area contributed by atoms with E-state index in [4.69, 9.17) is 10.5 Å². The zero-order valence-electron chi connectivity index (χ0n) is 9.82. The average molecular weight is 239 g/mol. The van der Waals surface area contributed by atoms with Crippen molar-refractivity contribution in [3.05, 3.63) is 24.3 Å². The fraction of sp³-hybridized carbons (Fsp3) is 0.417. The van der Waals surface area contributed by atoms with Crippen molar-refractivity contribution in [2.45, 2.75) is 31.3 Å². The average Bonchev–Trinajstić information content (AvgIpc) is 2.14. The molecule has 1 aromatic rings. The summed E-state index contributed by atoms with van der Waals surface area (Å²) in [6, 6.07) is 7.42. The molecule has 0 unspecified atom stereocenters. The number of thioether (sulfide) groups is 1. The number of nitrogen functional groups attached to an aromatic ring is 1. The molecule has 0 spiro atoms. The summed E-state index contributed by atoms with van der Waals surface area (Å²) in [4.78, 5) is 12.4. The van der Waals surface area contributed by atoms with Gasteiger partial charge in [-0.2, -0.15) is 0 Å². The van der Waals surface area contributed by atoms with Gasteiger partial charge in [-0.1, -0.05) is 0 Å². The lowest BCUT2D eigenvalue weighted by atomic mass is 10.2. The fourth-order valence-electron chi connectivity index (χ4n) is 1.08. The molecule has 3 nitrogen and oxygen atoms in total. The summed E-state index contributed by atoms with van der Waals surface area (Å²) in [5, 5.41) is 0. The number of hydrogen-bond acceptors (Lipinski definition) is 4. The number of esters is 1. The molecule has 0 saturated heterocycles. The highest BCUT2D eigenvalue weighted by Crippen LogP contribution is 2.20. The van der Waals surface area contributed by atoms with Crippen molar-refractivity contribution >= 4 is 23.4 Å². The predicted molar refractivity (Wildman–Crippen MR) is 67.4 cm³/mol. The van der Waals surface area contributed by atoms with E-state index in [1.54, 1.807) is 0 Å². The van der Waals surface area contributed by atoms with Crippen LogP contribution in [0.5, 0.6) is 0 Å². The van der Waals surface area contributed by atoms with Crippen LogP contribution in [0.4, 0.5) is 5.69 Å². The quantitative estimate of drug-likeness (QED) is 0.500. The van der Waals surface area contributed by atoms with Gasteiger partial charge in [-0.05, 0) is 45.0 Å². The van der Waals surface area contributed by atoms with E-state index in [1.807, 2.05) is 45.0 Å². The molecular formula is C12H17NO2S. The molecule has 0 fully saturated rings. The first-order valence-corrected chi connectivity index (χ1v) is 6.05. The van der Waals surface area contributed by atoms with Gasteiger partial charge in [0.05, 0.1) is 5.75 Å². The summed E-state index contributed by atoms with van der Waals surface area (Å²) in [6.45, 7) is 5.58. The molecule has 0 atom stereocenters. The van der Waals surface area contributed by atoms with Crippen molar-refractivity contribution < 1.29 is 9.53 Å². The number of hydrogen-bond donors (Lipinski definition) is 1. The Hall–Kier alpha value is -1.16. The van der Waals surface area contributed by atoms with Crippen molar-refractivity contribution in [1.29, 1.82) is 0 Å². The molecule has 88 valence electrons. The maximum atomic E-state index is 11.4. The molecule has 0 aromatic heterocycles. The number of anilines is 1. The van der Waals surface area contributed by atoms with Crippen LogP contribution in [0.1, 0.15) is 20.8 Å². The SMILES string of the molecule is CC(C)(C)OC(=O)CSc1ccc(N)cc1. The summed E-state index contributed by atoms with van der Waals surface area (Å²) < 4.78 is 5.20. The maximum Gasteiger partial charge on any atom is 0.316 e. The number of carbonyl (C=O) groups is 1. The highest BCUT2D eigenvalue weighted by Gasteiger charge is 2.15. The van der Waals surface area contributed by atoms with Crippen LogP contribution in [-0.4, -0.2) is 17.3 Å². The molecule has 1 rings (SSSR count). The molecule has 0 aliphatic carbocycles. The van der Waals surface area contributed by atoms with Gasteiger partial charge in [0, 0.05) is 10.6 Å². The largest absolute Gasteiger partial charge is 0.459 e. The predicted octanol–water partition coefficient (Wildman–Crippen LogP) is 2.70. The van der Waals surface area contributed by atoms with Crippen LogP contribution in [0, 0.1) is 0 Å². The lowest BCUT2D eigenvalue weighted by molar-refractivity contribution is -0.151. The standard InChI is InChI=1S/C12H17NO2S/c1-12(2,3)15-11(14)8-16-10-6-4-9(13)5-7-10/h4-7H,8,13H2,1-3H3. The van der Waals surface area contributed by atoms with Crippen LogP contribution in [0.15, 0.2) is 29.2 Å². The Bertz CT molecular complexity index is 354. The molecule has 0 amide bonds. The van der Waals surface area contributed by atoms with Gasteiger partial charge in [-0.15, -0.1) is 11.8 Å². The van der Waals surface area contributed by atoms with Gasteiger partial charge in [0.2, 0.25) is 0 Å². The summed E-state index contributed by atoms with van der Waals surface area (Å²) >= 11 is 1.45. The van der Waals surface area contributed by atoms with E-state index >= 15 is 0 Å². The first-order chi connectivity index (χ1) is 7.37. The smallest absolute Gasteiger partial charge is 0.316 e. The summed E-state index contributed by atoms with van der Waals surface area (Å²) in [6.07, 6.45) is 0. The Kier molecular flexibility index (Phi) is 4.24. The third kappa shape index (κ3) is 5.07. The fourth-order valence-corrected chi connectivity index (χ4v) is 1.75. The maximum absolute atomic E-state index is 11.4. The topological polar surface area (TPSA) is 52.3 Å². The van der Waals surface area contributed by atoms with Crippen LogP contribution < -0.4 is 5.73 Å². The third-order valence-electron chi connectivity index (χ3n) is 1.66. The van der Waals surface area contributed by atoms with Crippen molar-refractivity contribution in [3.63, 3.8) is 0 Å². The molecule has 2 N–H and O–H groups in total. The highest BCUT2D eigenvalue weighted by molar-refractivity contribution is 8.00. The zero-order valence-corrected chi connectivity index (χ0v) is 10.6. The second-order valence-corrected chi connectivity index (χ2v) is 5.49. The zero-order chi connectivity index (χ0) is 12.2. The first kappa shape index (κ1) is 12.9. The van der Waals surface area contributed by atoms with Crippen molar-refractivity contribution in [2.75, 3.05) is 11.5 Å². The molecule has 0 saturated carbocycles. The van der Waals surface area contributed by atoms with E-state index in [-0.39, 0.29) is 5.97 Å². The Morgan fingerprint density at radius 1 is 1.31 bits per heavy atom. The first-order valence-electron chi connectivity index (χ1n) is 5.07. The van der Waals surface area contributed by atoms with Crippen molar-refractivity contribution in [3.8, 4) is 0 Å². The number of ether oxygens (including phenoxy) is 1. The number of benzene rings is 1. The minimum atomic E-state index is -0.418. The van der Waals surface area contributed by atoms with Gasteiger partial charge in [0.15, 0.2) is 0 Å². The molecule has 4 heteroatoms. The van der Waals surface area contributed by atoms with Crippen LogP contribution in [-0.2, 0) is 9.53 Å². The van der Waals surface area contributed by atoms with E-state index in [0.29, 0.717) is 5.75 Å². The number of rotatable bonds is 3. The van der Waals surface area contributed by atoms with Crippen LogP contribution in [0.2, 0.25) is 0 Å². The second kappa shape index (κ2) is 5.25. The van der Waals surface area contributed by atoms with Gasteiger partial charge in [0.1, 0.15) is 5.60 Å². The van der Waals surface area contributed by atoms with E-state index in [0.717, 1.165) is 10.6 Å². The minimum absolute atomic E-state index is 0.200. The molecule has 0 aliphatic heterocycles. The van der Waals surface area contributed by atoms with Gasteiger partial charge in [0.25, 0.3) is 0 Å². The highest BCUT2D eigenvalue weighted by atomic mass is 32.2. The molecule has 0 aliphatic rings. The van der Waals surface area contributed by atoms with E-state index in [9.17, 15) is 4.79 Å². The van der Waals surface area contributed by atoms with Crippen molar-refractivity contribution in [1.82, 2.24) is 0 Å². The number of carbonyl (C=O) groups excluding carboxylic acids is 1. The van der Waals surface area contributed by atoms with Crippen molar-refractivity contribution in [2.24, 2.45) is 0 Å². The minimum Gasteiger partial charge on any atom is -0.459 e. The Morgan fingerprint density at radius 3 is 2.38 bits per heavy atom. The molecular weight excluding hydrogens is 222 g/mol. The van der Waals surface area contributed by atoms with E-state index < -0.39 is 5.60 Å². The molecule has 0 radical (unpaired) electrons. The van der Waals surface area contributed by atoms with Gasteiger partial charge < -0.3 is 10.5 Å². The Balaban J connectivity index is 2.40. The van der Waals surface area contributed by atoms with E-state index in [2.05, 4.69) is 0 Å². The lowest BCUT2D eigenvalue weighted by Crippen LogP contribution is -2.24. The lowest BCUT2D eigenvalue weighted by Gasteiger charge is -2.19. The second-order valence-electron chi connectivity index (χ2n) is 4.44. The summed E-state index contributed by atoms with van der Waals surface area (Å²) in [7, 11) is 0. The Morgan fingerprint density at radius 2 is 1.88 bits per heavy atom. The van der Waals surface area contributed by atoms with Crippen LogP contribution >= 0.6 is 11.8 Å². The van der Waals surface area contributed by atoms with Gasteiger partial charge >= 0.3 is 5.97 Å². The molecule has 0 bridgehead atoms. The normalized spacial score (nSPS) is 11.2. The molecule has 1 aromatic carbocycles. The molecule has 0 heterocycles. The summed E-state index contributed by atoms with van der Waals surface area (Å²) in [5.41, 5.74) is 5.87. The molecule has 16 heavy (non-hydrogen) atoms. The van der Waals surface area contributed by atoms with E-state index in [1.165, 1.54) is 11.8 Å². The van der Waals surface area contributed by atoms with Gasteiger partial charge in [-0.25, -0.2) is 0 Å². The van der Waals surface area contributed by atoms with Crippen LogP contribution in [0.3, 0.4) is 0 Å². The van der Waals surface area contributed by atoms with Gasteiger partial charge in [-0.3, -0.25) is 4.79 Å². The Labute approximate surface area is 100 Å². The monoisotopic (exact) mass is 239 g/mol.